The van der Waals surface area contributed by atoms with Gasteiger partial charge >= 0.3 is 0 Å². The Morgan fingerprint density at radius 1 is 1.00 bits per heavy atom. The molecule has 0 N–H and O–H groups in total. The maximum Gasteiger partial charge on any atom is 0.243 e. The van der Waals surface area contributed by atoms with Gasteiger partial charge in [0.1, 0.15) is 0 Å². The van der Waals surface area contributed by atoms with Crippen LogP contribution in [0.25, 0.3) is 0 Å². The lowest BCUT2D eigenvalue weighted by Gasteiger charge is -2.24. The van der Waals surface area contributed by atoms with Crippen molar-refractivity contribution in [2.24, 2.45) is 0 Å². The molecule has 1 fully saturated rings. The average Bonchev–Trinajstić information content (AvgIpc) is 3.02. The predicted octanol–water partition coefficient (Wildman–Crippen LogP) is 2.77. The zero-order valence-corrected chi connectivity index (χ0v) is 14.6. The summed E-state index contributed by atoms with van der Waals surface area (Å²) in [6, 6.07) is 8.48. The number of sulfonamides is 1. The van der Waals surface area contributed by atoms with Crippen molar-refractivity contribution in [2.75, 3.05) is 19.8 Å². The Labute approximate surface area is 147 Å². The van der Waals surface area contributed by atoms with Gasteiger partial charge in [0.25, 0.3) is 0 Å². The van der Waals surface area contributed by atoms with E-state index >= 15 is 0 Å². The maximum atomic E-state index is 13.2. The molecule has 2 aliphatic rings. The number of pyridine rings is 1. The maximum absolute atomic E-state index is 13.2. The highest BCUT2D eigenvalue weighted by Crippen LogP contribution is 2.38. The van der Waals surface area contributed by atoms with Crippen LogP contribution in [0.1, 0.15) is 30.9 Å². The molecule has 132 valence electrons. The number of aromatic nitrogens is 1. The van der Waals surface area contributed by atoms with Gasteiger partial charge in [0.15, 0.2) is 11.5 Å². The van der Waals surface area contributed by atoms with E-state index in [1.165, 1.54) is 0 Å². The molecular formula is C18H20N2O4S. The van der Waals surface area contributed by atoms with E-state index in [0.29, 0.717) is 31.3 Å². The lowest BCUT2D eigenvalue weighted by Crippen LogP contribution is -2.30. The fraction of sp³-hybridized carbons (Fsp3) is 0.389. The minimum Gasteiger partial charge on any atom is -0.490 e. The molecule has 4 rings (SSSR count). The van der Waals surface area contributed by atoms with Gasteiger partial charge in [-0.25, -0.2) is 8.42 Å². The molecule has 6 nitrogen and oxygen atoms in total. The number of hydrogen-bond acceptors (Lipinski definition) is 5. The fourth-order valence-corrected chi connectivity index (χ4v) is 5.08. The summed E-state index contributed by atoms with van der Waals surface area (Å²) in [7, 11) is -3.60. The fourth-order valence-electron chi connectivity index (χ4n) is 3.39. The summed E-state index contributed by atoms with van der Waals surface area (Å²) in [6.45, 7) is 1.62. The van der Waals surface area contributed by atoms with Gasteiger partial charge in [0, 0.05) is 31.4 Å². The van der Waals surface area contributed by atoms with E-state index in [4.69, 9.17) is 9.47 Å². The van der Waals surface area contributed by atoms with Crippen molar-refractivity contribution in [3.8, 4) is 11.5 Å². The van der Waals surface area contributed by atoms with E-state index in [9.17, 15) is 8.42 Å². The Morgan fingerprint density at radius 3 is 2.56 bits per heavy atom. The molecule has 0 unspecified atom stereocenters. The molecule has 0 radical (unpaired) electrons. The Bertz CT molecular complexity index is 855. The van der Waals surface area contributed by atoms with Crippen molar-refractivity contribution >= 4 is 10.0 Å². The molecule has 1 atom stereocenters. The first-order chi connectivity index (χ1) is 12.2. The molecule has 0 saturated carbocycles. The highest BCUT2D eigenvalue weighted by Gasteiger charge is 2.36. The number of ether oxygens (including phenoxy) is 2. The summed E-state index contributed by atoms with van der Waals surface area (Å²) in [5.74, 6) is 1.10. The van der Waals surface area contributed by atoms with Gasteiger partial charge in [-0.15, -0.1) is 0 Å². The van der Waals surface area contributed by atoms with Crippen LogP contribution in [0, 0.1) is 0 Å². The van der Waals surface area contributed by atoms with Crippen LogP contribution >= 0.6 is 0 Å². The van der Waals surface area contributed by atoms with Crippen LogP contribution < -0.4 is 9.47 Å². The molecule has 7 heteroatoms. The predicted molar refractivity (Wildman–Crippen MR) is 92.2 cm³/mol. The van der Waals surface area contributed by atoms with Gasteiger partial charge in [-0.3, -0.25) is 4.98 Å². The summed E-state index contributed by atoms with van der Waals surface area (Å²) >= 11 is 0. The zero-order chi connectivity index (χ0) is 17.3. The first-order valence-electron chi connectivity index (χ1n) is 8.48. The van der Waals surface area contributed by atoms with Crippen molar-refractivity contribution in [1.82, 2.24) is 9.29 Å². The minimum atomic E-state index is -3.60. The van der Waals surface area contributed by atoms with Gasteiger partial charge in [-0.2, -0.15) is 4.31 Å². The number of hydrogen-bond donors (Lipinski definition) is 0. The summed E-state index contributed by atoms with van der Waals surface area (Å²) < 4.78 is 39.2. The summed E-state index contributed by atoms with van der Waals surface area (Å²) in [5.41, 5.74) is 0.977. The summed E-state index contributed by atoms with van der Waals surface area (Å²) in [5, 5.41) is 0. The highest BCUT2D eigenvalue weighted by atomic mass is 32.2. The smallest absolute Gasteiger partial charge is 0.243 e. The number of fused-ring (bicyclic) bond motifs is 1. The molecule has 25 heavy (non-hydrogen) atoms. The second-order valence-electron chi connectivity index (χ2n) is 6.21. The topological polar surface area (TPSA) is 68.7 Å². The van der Waals surface area contributed by atoms with E-state index in [0.717, 1.165) is 24.8 Å². The van der Waals surface area contributed by atoms with Crippen molar-refractivity contribution in [3.05, 3.63) is 48.3 Å². The molecular weight excluding hydrogens is 340 g/mol. The SMILES string of the molecule is O=S(=O)(c1ccc2c(c1)OCCCO2)N1CCC[C@@H]1c1ccncc1. The van der Waals surface area contributed by atoms with E-state index in [2.05, 4.69) is 4.98 Å². The first kappa shape index (κ1) is 16.4. The normalized spacial score (nSPS) is 21.0. The van der Waals surface area contributed by atoms with Crippen LogP contribution in [0.5, 0.6) is 11.5 Å². The van der Waals surface area contributed by atoms with E-state index < -0.39 is 10.0 Å². The Hall–Kier alpha value is -2.12. The van der Waals surface area contributed by atoms with E-state index in [1.807, 2.05) is 12.1 Å². The molecule has 0 bridgehead atoms. The monoisotopic (exact) mass is 360 g/mol. The van der Waals surface area contributed by atoms with Crippen LogP contribution in [0.3, 0.4) is 0 Å². The minimum absolute atomic E-state index is 0.149. The largest absolute Gasteiger partial charge is 0.490 e. The second-order valence-corrected chi connectivity index (χ2v) is 8.10. The number of rotatable bonds is 3. The molecule has 0 amide bonds. The highest BCUT2D eigenvalue weighted by molar-refractivity contribution is 7.89. The van der Waals surface area contributed by atoms with Gasteiger partial charge < -0.3 is 9.47 Å². The molecule has 2 aliphatic heterocycles. The molecule has 2 aromatic rings. The van der Waals surface area contributed by atoms with E-state index in [1.54, 1.807) is 34.9 Å². The number of nitrogens with zero attached hydrogens (tertiary/aromatic N) is 2. The molecule has 1 saturated heterocycles. The van der Waals surface area contributed by atoms with Crippen molar-refractivity contribution in [2.45, 2.75) is 30.2 Å². The molecule has 3 heterocycles. The van der Waals surface area contributed by atoms with Gasteiger partial charge in [-0.05, 0) is 42.7 Å². The third kappa shape index (κ3) is 3.09. The van der Waals surface area contributed by atoms with Gasteiger partial charge in [0.2, 0.25) is 10.0 Å². The van der Waals surface area contributed by atoms with Crippen molar-refractivity contribution in [3.63, 3.8) is 0 Å². The second kappa shape index (κ2) is 6.65. The lowest BCUT2D eigenvalue weighted by atomic mass is 10.1. The number of benzene rings is 1. The quantitative estimate of drug-likeness (QED) is 0.842. The lowest BCUT2D eigenvalue weighted by molar-refractivity contribution is 0.296. The van der Waals surface area contributed by atoms with Crippen LogP contribution in [0.15, 0.2) is 47.6 Å². The molecule has 0 aliphatic carbocycles. The molecule has 0 spiro atoms. The zero-order valence-electron chi connectivity index (χ0n) is 13.8. The van der Waals surface area contributed by atoms with E-state index in [-0.39, 0.29) is 10.9 Å². The van der Waals surface area contributed by atoms with Gasteiger partial charge in [0.05, 0.1) is 24.2 Å². The van der Waals surface area contributed by atoms with Gasteiger partial charge in [-0.1, -0.05) is 0 Å². The van der Waals surface area contributed by atoms with Crippen molar-refractivity contribution < 1.29 is 17.9 Å². The molecule has 1 aromatic heterocycles. The Balaban J connectivity index is 1.68. The molecule has 1 aromatic carbocycles. The van der Waals surface area contributed by atoms with Crippen molar-refractivity contribution in [1.29, 1.82) is 0 Å². The third-order valence-corrected chi connectivity index (χ3v) is 6.52. The Kier molecular flexibility index (Phi) is 4.35. The van der Waals surface area contributed by atoms with Crippen LogP contribution in [0.4, 0.5) is 0 Å². The standard InChI is InChI=1S/C18H20N2O4S/c21-25(22,15-4-5-17-18(13-15)24-12-2-11-23-17)20-10-1-3-16(20)14-6-8-19-9-7-14/h4-9,13,16H,1-3,10-12H2/t16-/m1/s1. The van der Waals surface area contributed by atoms with Crippen LogP contribution in [-0.4, -0.2) is 37.5 Å². The first-order valence-corrected chi connectivity index (χ1v) is 9.92. The Morgan fingerprint density at radius 2 is 1.76 bits per heavy atom. The van der Waals surface area contributed by atoms with Crippen LogP contribution in [-0.2, 0) is 10.0 Å². The summed E-state index contributed by atoms with van der Waals surface area (Å²) in [4.78, 5) is 4.27. The summed E-state index contributed by atoms with van der Waals surface area (Å²) in [6.07, 6.45) is 5.84. The average molecular weight is 360 g/mol. The van der Waals surface area contributed by atoms with Crippen LogP contribution in [0.2, 0.25) is 0 Å². The third-order valence-electron chi connectivity index (χ3n) is 4.62.